The number of sulfonamides is 1. The van der Waals surface area contributed by atoms with E-state index in [4.69, 9.17) is 23.2 Å². The molecule has 0 bridgehead atoms. The normalized spacial score (nSPS) is 13.1. The van der Waals surface area contributed by atoms with Crippen molar-refractivity contribution in [2.75, 3.05) is 17.1 Å². The minimum Gasteiger partial charge on any atom is -0.352 e. The number of para-hydroxylation sites is 1. The van der Waals surface area contributed by atoms with Crippen molar-refractivity contribution in [3.8, 4) is 0 Å². The number of carbonyl (C=O) groups is 2. The van der Waals surface area contributed by atoms with Crippen molar-refractivity contribution < 1.29 is 18.0 Å². The molecule has 0 aliphatic rings. The lowest BCUT2D eigenvalue weighted by molar-refractivity contribution is -0.140. The van der Waals surface area contributed by atoms with Gasteiger partial charge in [0.15, 0.2) is 0 Å². The van der Waals surface area contributed by atoms with Gasteiger partial charge in [0.1, 0.15) is 6.04 Å². The third kappa shape index (κ3) is 8.70. The van der Waals surface area contributed by atoms with Crippen LogP contribution >= 0.6 is 23.2 Å². The van der Waals surface area contributed by atoms with E-state index in [1.807, 2.05) is 13.8 Å². The Morgan fingerprint density at radius 2 is 1.69 bits per heavy atom. The molecule has 0 saturated heterocycles. The van der Waals surface area contributed by atoms with E-state index >= 15 is 0 Å². The van der Waals surface area contributed by atoms with Crippen LogP contribution in [0.2, 0.25) is 10.0 Å². The number of nitrogens with one attached hydrogen (secondary N) is 1. The summed E-state index contributed by atoms with van der Waals surface area (Å²) in [5.41, 5.74) is 1.27. The fourth-order valence-corrected chi connectivity index (χ4v) is 4.77. The lowest BCUT2D eigenvalue weighted by atomic mass is 10.1. The van der Waals surface area contributed by atoms with Crippen LogP contribution in [-0.4, -0.2) is 50.0 Å². The second-order valence-corrected chi connectivity index (χ2v) is 11.3. The molecule has 0 radical (unpaired) electrons. The van der Waals surface area contributed by atoms with Crippen molar-refractivity contribution in [2.24, 2.45) is 0 Å². The smallest absolute Gasteiger partial charge is 0.242 e. The molecule has 7 nitrogen and oxygen atoms in total. The van der Waals surface area contributed by atoms with Crippen molar-refractivity contribution >= 4 is 50.7 Å². The molecule has 2 rings (SSSR count). The molecular weight excluding hydrogens is 509 g/mol. The van der Waals surface area contributed by atoms with E-state index in [-0.39, 0.29) is 37.4 Å². The molecular formula is C25H33Cl2N3O4S. The highest BCUT2D eigenvalue weighted by Crippen LogP contribution is 2.24. The van der Waals surface area contributed by atoms with Gasteiger partial charge in [0, 0.05) is 25.6 Å². The highest BCUT2D eigenvalue weighted by Gasteiger charge is 2.27. The molecule has 2 aromatic rings. The fraction of sp³-hybridized carbons (Fsp3) is 0.440. The van der Waals surface area contributed by atoms with Crippen molar-refractivity contribution in [1.82, 2.24) is 10.2 Å². The van der Waals surface area contributed by atoms with Gasteiger partial charge in [-0.3, -0.25) is 13.9 Å². The summed E-state index contributed by atoms with van der Waals surface area (Å²) in [6.45, 7) is 5.86. The Labute approximate surface area is 218 Å². The van der Waals surface area contributed by atoms with E-state index in [0.717, 1.165) is 18.2 Å². The lowest BCUT2D eigenvalue weighted by Crippen LogP contribution is -2.49. The molecule has 0 spiro atoms. The molecule has 0 aromatic heterocycles. The van der Waals surface area contributed by atoms with Crippen LogP contribution in [0.3, 0.4) is 0 Å². The van der Waals surface area contributed by atoms with Crippen LogP contribution < -0.4 is 9.62 Å². The van der Waals surface area contributed by atoms with Crippen LogP contribution in [0.4, 0.5) is 5.69 Å². The van der Waals surface area contributed by atoms with Crippen LogP contribution in [0, 0.1) is 0 Å². The average molecular weight is 543 g/mol. The molecule has 0 aliphatic carbocycles. The zero-order valence-electron chi connectivity index (χ0n) is 20.5. The summed E-state index contributed by atoms with van der Waals surface area (Å²) in [4.78, 5) is 27.6. The maximum absolute atomic E-state index is 13.3. The van der Waals surface area contributed by atoms with Crippen LogP contribution in [0.1, 0.15) is 45.6 Å². The Kier molecular flexibility index (Phi) is 10.9. The van der Waals surface area contributed by atoms with E-state index in [0.29, 0.717) is 22.2 Å². The molecule has 1 N–H and O–H groups in total. The van der Waals surface area contributed by atoms with Crippen LogP contribution in [-0.2, 0) is 26.2 Å². The van der Waals surface area contributed by atoms with E-state index in [1.165, 1.54) is 9.21 Å². The van der Waals surface area contributed by atoms with Crippen LogP contribution in [0.15, 0.2) is 48.5 Å². The van der Waals surface area contributed by atoms with Gasteiger partial charge in [0.05, 0.1) is 22.0 Å². The molecule has 0 saturated carbocycles. The summed E-state index contributed by atoms with van der Waals surface area (Å²) < 4.78 is 25.9. The summed E-state index contributed by atoms with van der Waals surface area (Å²) >= 11 is 12.2. The maximum Gasteiger partial charge on any atom is 0.242 e. The zero-order chi connectivity index (χ0) is 26.2. The van der Waals surface area contributed by atoms with Crippen LogP contribution in [0.5, 0.6) is 0 Å². The lowest BCUT2D eigenvalue weighted by Gasteiger charge is -2.30. The first-order chi connectivity index (χ1) is 16.4. The topological polar surface area (TPSA) is 86.8 Å². The summed E-state index contributed by atoms with van der Waals surface area (Å²) in [6.07, 6.45) is 2.26. The Balaban J connectivity index is 2.18. The van der Waals surface area contributed by atoms with Crippen molar-refractivity contribution in [2.45, 2.75) is 58.7 Å². The fourth-order valence-electron chi connectivity index (χ4n) is 3.48. The largest absolute Gasteiger partial charge is 0.352 e. The van der Waals surface area contributed by atoms with Gasteiger partial charge < -0.3 is 10.2 Å². The summed E-state index contributed by atoms with van der Waals surface area (Å²) in [6, 6.07) is 13.1. The number of carbonyl (C=O) groups excluding carboxylic acids is 2. The second-order valence-electron chi connectivity index (χ2n) is 8.54. The Morgan fingerprint density at radius 3 is 2.26 bits per heavy atom. The number of halogens is 2. The van der Waals surface area contributed by atoms with Gasteiger partial charge in [-0.2, -0.15) is 0 Å². The number of hydrogen-bond donors (Lipinski definition) is 1. The van der Waals surface area contributed by atoms with E-state index in [2.05, 4.69) is 5.32 Å². The summed E-state index contributed by atoms with van der Waals surface area (Å²) in [5.74, 6) is -0.515. The quantitative estimate of drug-likeness (QED) is 0.415. The Morgan fingerprint density at radius 1 is 1.03 bits per heavy atom. The highest BCUT2D eigenvalue weighted by molar-refractivity contribution is 7.92. The molecule has 0 unspecified atom stereocenters. The molecule has 2 amide bonds. The standard InChI is InChI=1S/C25H33Cl2N3O4S/c1-5-18(2)28-25(32)19(3)29(17-20-13-14-22(26)23(27)16-20)24(31)12-9-15-30(35(4,33)34)21-10-7-6-8-11-21/h6-8,10-11,13-14,16,18-19H,5,9,12,15,17H2,1-4H3,(H,28,32)/t18-,19-/m1/s1. The minimum absolute atomic E-state index is 0.0268. The molecule has 10 heteroatoms. The molecule has 0 aliphatic heterocycles. The molecule has 0 fully saturated rings. The number of anilines is 1. The van der Waals surface area contributed by atoms with Crippen molar-refractivity contribution in [1.29, 1.82) is 0 Å². The predicted octanol–water partition coefficient (Wildman–Crippen LogP) is 4.87. The number of amides is 2. The number of rotatable bonds is 12. The third-order valence-corrected chi connectivity index (χ3v) is 7.63. The highest BCUT2D eigenvalue weighted by atomic mass is 35.5. The van der Waals surface area contributed by atoms with Gasteiger partial charge in [0.2, 0.25) is 21.8 Å². The van der Waals surface area contributed by atoms with Gasteiger partial charge in [-0.05, 0) is 56.5 Å². The average Bonchev–Trinajstić information content (AvgIpc) is 2.81. The Bertz CT molecular complexity index is 1110. The third-order valence-electron chi connectivity index (χ3n) is 5.70. The molecule has 2 aromatic carbocycles. The zero-order valence-corrected chi connectivity index (χ0v) is 22.8. The van der Waals surface area contributed by atoms with Crippen LogP contribution in [0.25, 0.3) is 0 Å². The second kappa shape index (κ2) is 13.1. The van der Waals surface area contributed by atoms with Gasteiger partial charge in [-0.15, -0.1) is 0 Å². The minimum atomic E-state index is -3.52. The monoisotopic (exact) mass is 541 g/mol. The van der Waals surface area contributed by atoms with Gasteiger partial charge >= 0.3 is 0 Å². The van der Waals surface area contributed by atoms with E-state index in [9.17, 15) is 18.0 Å². The first kappa shape index (κ1) is 28.9. The molecule has 0 heterocycles. The Hall–Kier alpha value is -2.29. The van der Waals surface area contributed by atoms with Crippen molar-refractivity contribution in [3.05, 3.63) is 64.1 Å². The van der Waals surface area contributed by atoms with Gasteiger partial charge in [-0.1, -0.05) is 54.4 Å². The SMILES string of the molecule is CC[C@@H](C)NC(=O)[C@@H](C)N(Cc1ccc(Cl)c(Cl)c1)C(=O)CCCN(c1ccccc1)S(C)(=O)=O. The first-order valence-electron chi connectivity index (χ1n) is 11.5. The summed E-state index contributed by atoms with van der Waals surface area (Å²) in [5, 5.41) is 3.68. The number of nitrogens with zero attached hydrogens (tertiary/aromatic N) is 2. The van der Waals surface area contributed by atoms with E-state index in [1.54, 1.807) is 55.5 Å². The van der Waals surface area contributed by atoms with E-state index < -0.39 is 16.1 Å². The molecule has 2 atom stereocenters. The summed E-state index contributed by atoms with van der Waals surface area (Å²) in [7, 11) is -3.52. The van der Waals surface area contributed by atoms with Crippen molar-refractivity contribution in [3.63, 3.8) is 0 Å². The number of benzene rings is 2. The van der Waals surface area contributed by atoms with Gasteiger partial charge in [-0.25, -0.2) is 8.42 Å². The maximum atomic E-state index is 13.3. The number of hydrogen-bond acceptors (Lipinski definition) is 4. The predicted molar refractivity (Wildman–Crippen MR) is 142 cm³/mol. The van der Waals surface area contributed by atoms with Gasteiger partial charge in [0.25, 0.3) is 0 Å². The first-order valence-corrected chi connectivity index (χ1v) is 14.1. The molecule has 35 heavy (non-hydrogen) atoms. The molecule has 192 valence electrons.